The van der Waals surface area contributed by atoms with Gasteiger partial charge in [-0.15, -0.1) is 0 Å². The highest BCUT2D eigenvalue weighted by molar-refractivity contribution is 5.63. The highest BCUT2D eigenvalue weighted by Gasteiger charge is 2.04. The van der Waals surface area contributed by atoms with Crippen molar-refractivity contribution in [2.75, 3.05) is 0 Å². The summed E-state index contributed by atoms with van der Waals surface area (Å²) in [4.78, 5) is 9.39. The summed E-state index contributed by atoms with van der Waals surface area (Å²) in [6.07, 6.45) is 13.0. The van der Waals surface area contributed by atoms with Crippen molar-refractivity contribution in [1.82, 2.24) is 10.2 Å². The molecule has 3 rings (SSSR count). The Morgan fingerprint density at radius 2 is 1.86 bits per heavy atom. The first kappa shape index (κ1) is 23.0. The summed E-state index contributed by atoms with van der Waals surface area (Å²) < 4.78 is 10.2. The lowest BCUT2D eigenvalue weighted by molar-refractivity contribution is -0.131. The summed E-state index contributed by atoms with van der Waals surface area (Å²) >= 11 is 0. The molecule has 0 saturated carbocycles. The lowest BCUT2D eigenvalue weighted by atomic mass is 10.1. The Labute approximate surface area is 167 Å². The predicted molar refractivity (Wildman–Crippen MR) is 114 cm³/mol. The number of nitrogens with one attached hydrogen (secondary N) is 1. The van der Waals surface area contributed by atoms with E-state index in [0.29, 0.717) is 6.47 Å². The van der Waals surface area contributed by atoms with E-state index in [2.05, 4.69) is 27.1 Å². The summed E-state index contributed by atoms with van der Waals surface area (Å²) in [5.74, 6) is 1.68. The number of H-pyrrole nitrogens is 1. The molecule has 0 atom stereocenters. The third-order valence-electron chi connectivity index (χ3n) is 3.49. The number of benzene rings is 1. The molecule has 0 amide bonds. The van der Waals surface area contributed by atoms with Gasteiger partial charge in [-0.2, -0.15) is 5.10 Å². The Bertz CT molecular complexity index is 784. The lowest BCUT2D eigenvalue weighted by Crippen LogP contribution is -1.98. The summed E-state index contributed by atoms with van der Waals surface area (Å²) in [5.41, 5.74) is 3.30. The number of hydrogen-bond donors (Lipinski definition) is 1. The van der Waals surface area contributed by atoms with Crippen LogP contribution in [0, 0.1) is 6.92 Å². The molecule has 28 heavy (non-hydrogen) atoms. The largest absolute Gasteiger partial charge is 0.465 e. The fourth-order valence-electron chi connectivity index (χ4n) is 2.20. The summed E-state index contributed by atoms with van der Waals surface area (Å²) in [6, 6.07) is 8.01. The Morgan fingerprint density at radius 1 is 1.14 bits per heavy atom. The fraction of sp³-hybridized carbons (Fsp3) is 0.304. The minimum Gasteiger partial charge on any atom is -0.465 e. The quantitative estimate of drug-likeness (QED) is 0.668. The maximum absolute atomic E-state index is 9.39. The number of carbonyl (C=O) groups is 1. The van der Waals surface area contributed by atoms with Gasteiger partial charge in [0.25, 0.3) is 6.47 Å². The summed E-state index contributed by atoms with van der Waals surface area (Å²) in [7, 11) is 0. The van der Waals surface area contributed by atoms with Crippen LogP contribution >= 0.6 is 0 Å². The minimum atomic E-state index is 0.0301. The van der Waals surface area contributed by atoms with E-state index in [1.54, 1.807) is 13.8 Å². The zero-order valence-electron chi connectivity index (χ0n) is 17.3. The molecule has 0 spiro atoms. The maximum atomic E-state index is 9.39. The first-order valence-corrected chi connectivity index (χ1v) is 9.51. The second-order valence-electron chi connectivity index (χ2n) is 5.97. The molecule has 0 unspecified atom stereocenters. The molecule has 0 saturated heterocycles. The lowest BCUT2D eigenvalue weighted by Gasteiger charge is -2.07. The Hall–Kier alpha value is -3.08. The molecule has 1 heterocycles. The molecule has 150 valence electrons. The molecule has 0 bridgehead atoms. The summed E-state index contributed by atoms with van der Waals surface area (Å²) in [6.45, 7) is 10.1. The maximum Gasteiger partial charge on any atom is 0.293 e. The monoisotopic (exact) mass is 382 g/mol. The second-order valence-corrected chi connectivity index (χ2v) is 5.97. The fourth-order valence-corrected chi connectivity index (χ4v) is 2.20. The van der Waals surface area contributed by atoms with Crippen molar-refractivity contribution in [2.24, 2.45) is 0 Å². The van der Waals surface area contributed by atoms with Crippen molar-refractivity contribution in [1.29, 1.82) is 0 Å². The van der Waals surface area contributed by atoms with Gasteiger partial charge in [0, 0.05) is 5.56 Å². The molecule has 1 aliphatic rings. The van der Waals surface area contributed by atoms with Crippen molar-refractivity contribution in [3.05, 3.63) is 72.2 Å². The smallest absolute Gasteiger partial charge is 0.293 e. The SMILES string of the molecule is CC.CC(C)OC=O.Cc1cn[nH]c1-c1ccc(OC2=CC=CCC=C2)cc1. The molecular formula is C23H30N2O3. The number of aryl methyl sites for hydroxylation is 1. The van der Waals surface area contributed by atoms with E-state index in [0.717, 1.165) is 34.8 Å². The number of ether oxygens (including phenoxy) is 2. The van der Waals surface area contributed by atoms with Crippen LogP contribution in [0.3, 0.4) is 0 Å². The molecular weight excluding hydrogens is 352 g/mol. The van der Waals surface area contributed by atoms with Gasteiger partial charge in [-0.25, -0.2) is 0 Å². The number of rotatable bonds is 5. The van der Waals surface area contributed by atoms with Crippen molar-refractivity contribution >= 4 is 6.47 Å². The van der Waals surface area contributed by atoms with Gasteiger partial charge in [-0.3, -0.25) is 9.89 Å². The molecule has 0 aliphatic heterocycles. The van der Waals surface area contributed by atoms with Crippen LogP contribution < -0.4 is 4.74 Å². The first-order chi connectivity index (χ1) is 13.6. The zero-order valence-corrected chi connectivity index (χ0v) is 17.3. The Kier molecular flexibility index (Phi) is 10.8. The zero-order chi connectivity index (χ0) is 20.8. The van der Waals surface area contributed by atoms with Crippen LogP contribution in [0.2, 0.25) is 0 Å². The van der Waals surface area contributed by atoms with Crippen LogP contribution in [0.25, 0.3) is 11.3 Å². The molecule has 5 heteroatoms. The Morgan fingerprint density at radius 3 is 2.39 bits per heavy atom. The van der Waals surface area contributed by atoms with Crippen LogP contribution in [-0.2, 0) is 9.53 Å². The highest BCUT2D eigenvalue weighted by Crippen LogP contribution is 2.24. The van der Waals surface area contributed by atoms with Crippen LogP contribution in [-0.4, -0.2) is 22.8 Å². The van der Waals surface area contributed by atoms with Gasteiger partial charge in [0.1, 0.15) is 11.5 Å². The van der Waals surface area contributed by atoms with Gasteiger partial charge in [0.2, 0.25) is 0 Å². The van der Waals surface area contributed by atoms with E-state index < -0.39 is 0 Å². The van der Waals surface area contributed by atoms with Gasteiger partial charge in [0.15, 0.2) is 0 Å². The average molecular weight is 383 g/mol. The highest BCUT2D eigenvalue weighted by atomic mass is 16.5. The minimum absolute atomic E-state index is 0.0301. The summed E-state index contributed by atoms with van der Waals surface area (Å²) in [5, 5.41) is 7.05. The van der Waals surface area contributed by atoms with Crippen LogP contribution in [0.5, 0.6) is 5.75 Å². The van der Waals surface area contributed by atoms with Gasteiger partial charge < -0.3 is 9.47 Å². The number of hydrogen-bond acceptors (Lipinski definition) is 4. The molecule has 0 radical (unpaired) electrons. The van der Waals surface area contributed by atoms with E-state index in [4.69, 9.17) is 4.74 Å². The number of nitrogens with zero attached hydrogens (tertiary/aromatic N) is 1. The van der Waals surface area contributed by atoms with Crippen LogP contribution in [0.15, 0.2) is 66.6 Å². The molecule has 1 aromatic heterocycles. The van der Waals surface area contributed by atoms with Gasteiger partial charge in [0.05, 0.1) is 18.0 Å². The predicted octanol–water partition coefficient (Wildman–Crippen LogP) is 5.76. The third kappa shape index (κ3) is 8.08. The first-order valence-electron chi connectivity index (χ1n) is 9.51. The molecule has 0 fully saturated rings. The number of allylic oxidation sites excluding steroid dienone is 5. The van der Waals surface area contributed by atoms with Crippen molar-refractivity contribution < 1.29 is 14.3 Å². The van der Waals surface area contributed by atoms with E-state index in [1.807, 2.05) is 69.5 Å². The number of aromatic amines is 1. The van der Waals surface area contributed by atoms with Crippen molar-refractivity contribution in [3.8, 4) is 17.0 Å². The Balaban J connectivity index is 0.000000422. The third-order valence-corrected chi connectivity index (χ3v) is 3.49. The molecule has 5 nitrogen and oxygen atoms in total. The second kappa shape index (κ2) is 13.1. The average Bonchev–Trinajstić information content (AvgIpc) is 2.96. The topological polar surface area (TPSA) is 64.2 Å². The molecule has 1 N–H and O–H groups in total. The molecule has 1 aliphatic carbocycles. The van der Waals surface area contributed by atoms with E-state index >= 15 is 0 Å². The number of carbonyl (C=O) groups excluding carboxylic acids is 1. The van der Waals surface area contributed by atoms with Gasteiger partial charge >= 0.3 is 0 Å². The van der Waals surface area contributed by atoms with Gasteiger partial charge in [-0.05, 0) is 69.2 Å². The number of aromatic nitrogens is 2. The van der Waals surface area contributed by atoms with Crippen LogP contribution in [0.1, 0.15) is 39.7 Å². The van der Waals surface area contributed by atoms with Crippen LogP contribution in [0.4, 0.5) is 0 Å². The van der Waals surface area contributed by atoms with Gasteiger partial charge in [-0.1, -0.05) is 32.1 Å². The molecule has 1 aromatic carbocycles. The normalized spacial score (nSPS) is 12.0. The van der Waals surface area contributed by atoms with E-state index in [9.17, 15) is 4.79 Å². The van der Waals surface area contributed by atoms with E-state index in [1.165, 1.54) is 0 Å². The van der Waals surface area contributed by atoms with E-state index in [-0.39, 0.29) is 6.10 Å². The van der Waals surface area contributed by atoms with Crippen molar-refractivity contribution in [2.45, 2.75) is 47.1 Å². The molecule has 2 aromatic rings. The standard InChI is InChI=1S/C17H16N2O.C4H8O2.C2H6/c1-13-12-18-19-17(13)14-8-10-16(11-9-14)20-15-6-4-2-3-5-7-15;1-4(2)6-3-5;1-2/h2,4-12H,3H2,1H3,(H,18,19);3-4H,1-2H3;1-2H3. The van der Waals surface area contributed by atoms with Crippen molar-refractivity contribution in [3.63, 3.8) is 0 Å².